The van der Waals surface area contributed by atoms with Crippen molar-refractivity contribution in [1.82, 2.24) is 4.98 Å². The lowest BCUT2D eigenvalue weighted by Gasteiger charge is -1.90. The molecule has 1 rings (SSSR count). The SMILES string of the molecule is CCCc1[nH]cc(O)[n+]1C.CS(=O)(=O)[O-]. The fourth-order valence-corrected chi connectivity index (χ4v) is 0.956. The van der Waals surface area contributed by atoms with E-state index in [1.165, 1.54) is 0 Å². The molecule has 1 aromatic heterocycles. The molecule has 1 heterocycles. The summed E-state index contributed by atoms with van der Waals surface area (Å²) in [6.07, 6.45) is 4.28. The highest BCUT2D eigenvalue weighted by Gasteiger charge is 2.10. The van der Waals surface area contributed by atoms with Crippen LogP contribution in [-0.2, 0) is 23.6 Å². The number of H-pyrrole nitrogens is 1. The molecular weight excluding hydrogens is 220 g/mol. The van der Waals surface area contributed by atoms with Crippen molar-refractivity contribution in [2.24, 2.45) is 7.05 Å². The Balaban J connectivity index is 0.000000336. The van der Waals surface area contributed by atoms with Crippen molar-refractivity contribution < 1.29 is 22.6 Å². The van der Waals surface area contributed by atoms with Crippen molar-refractivity contribution >= 4 is 10.1 Å². The topological polar surface area (TPSA) is 97.1 Å². The summed E-state index contributed by atoms with van der Waals surface area (Å²) >= 11 is 0. The standard InChI is InChI=1S/C7H12N2O.CH4O3S/c1-3-4-6-8-5-7(10)9(6)2;1-5(2,3)4/h5,10H,3-4H2,1-2H3;1H3,(H,2,3,4). The maximum Gasteiger partial charge on any atom is 0.321 e. The third kappa shape index (κ3) is 6.92. The zero-order valence-electron chi connectivity index (χ0n) is 9.02. The summed E-state index contributed by atoms with van der Waals surface area (Å²) in [6, 6.07) is 0. The number of aromatic nitrogens is 2. The molecule has 0 unspecified atom stereocenters. The third-order valence-corrected chi connectivity index (χ3v) is 1.60. The Morgan fingerprint density at radius 3 is 2.33 bits per heavy atom. The minimum atomic E-state index is -3.92. The molecule has 0 fully saturated rings. The molecule has 0 saturated heterocycles. The predicted molar refractivity (Wildman–Crippen MR) is 53.2 cm³/mol. The molecule has 0 aromatic carbocycles. The highest BCUT2D eigenvalue weighted by atomic mass is 32.2. The number of imidazole rings is 1. The van der Waals surface area contributed by atoms with Crippen molar-refractivity contribution in [3.63, 3.8) is 0 Å². The van der Waals surface area contributed by atoms with Crippen LogP contribution < -0.4 is 4.57 Å². The molecule has 0 aliphatic heterocycles. The number of hydrogen-bond donors (Lipinski definition) is 2. The van der Waals surface area contributed by atoms with Crippen molar-refractivity contribution in [1.29, 1.82) is 0 Å². The lowest BCUT2D eigenvalue weighted by atomic mass is 10.3. The van der Waals surface area contributed by atoms with Crippen LogP contribution in [0.3, 0.4) is 0 Å². The molecule has 0 bridgehead atoms. The van der Waals surface area contributed by atoms with E-state index in [1.54, 1.807) is 10.8 Å². The number of aromatic hydroxyl groups is 1. The number of aryl methyl sites for hydroxylation is 1. The molecule has 7 heteroatoms. The van der Waals surface area contributed by atoms with Gasteiger partial charge in [-0.1, -0.05) is 6.92 Å². The van der Waals surface area contributed by atoms with E-state index in [4.69, 9.17) is 18.1 Å². The molecule has 0 aliphatic carbocycles. The van der Waals surface area contributed by atoms with Gasteiger partial charge >= 0.3 is 5.88 Å². The normalized spacial score (nSPS) is 10.7. The Morgan fingerprint density at radius 1 is 1.60 bits per heavy atom. The zero-order chi connectivity index (χ0) is 12.1. The number of nitrogens with one attached hydrogen (secondary N) is 1. The molecule has 88 valence electrons. The maximum absolute atomic E-state index is 9.10. The van der Waals surface area contributed by atoms with Crippen molar-refractivity contribution in [3.05, 3.63) is 12.0 Å². The van der Waals surface area contributed by atoms with Gasteiger partial charge in [-0.05, 0) is 6.42 Å². The van der Waals surface area contributed by atoms with E-state index in [0.717, 1.165) is 18.7 Å². The van der Waals surface area contributed by atoms with Gasteiger partial charge < -0.3 is 9.66 Å². The lowest BCUT2D eigenvalue weighted by molar-refractivity contribution is -0.683. The van der Waals surface area contributed by atoms with Crippen LogP contribution in [0, 0.1) is 0 Å². The second-order valence-electron chi connectivity index (χ2n) is 3.11. The summed E-state index contributed by atoms with van der Waals surface area (Å²) < 4.78 is 29.0. The lowest BCUT2D eigenvalue weighted by Crippen LogP contribution is -2.30. The first-order valence-corrected chi connectivity index (χ1v) is 6.23. The molecule has 1 aromatic rings. The number of rotatable bonds is 2. The molecule has 0 spiro atoms. The van der Waals surface area contributed by atoms with Gasteiger partial charge in [-0.3, -0.25) is 0 Å². The van der Waals surface area contributed by atoms with Crippen molar-refractivity contribution in [2.75, 3.05) is 6.26 Å². The summed E-state index contributed by atoms with van der Waals surface area (Å²) in [5.41, 5.74) is 0. The van der Waals surface area contributed by atoms with E-state index in [9.17, 15) is 0 Å². The van der Waals surface area contributed by atoms with Crippen LogP contribution in [0.4, 0.5) is 0 Å². The Hall–Kier alpha value is -1.08. The van der Waals surface area contributed by atoms with Crippen LogP contribution >= 0.6 is 0 Å². The van der Waals surface area contributed by atoms with Gasteiger partial charge in [0.25, 0.3) is 5.82 Å². The average Bonchev–Trinajstić information content (AvgIpc) is 2.34. The quantitative estimate of drug-likeness (QED) is 0.542. The predicted octanol–water partition coefficient (Wildman–Crippen LogP) is -0.341. The molecule has 0 amide bonds. The first-order chi connectivity index (χ1) is 6.75. The first-order valence-electron chi connectivity index (χ1n) is 4.41. The Morgan fingerprint density at radius 2 is 2.07 bits per heavy atom. The molecule has 0 aliphatic rings. The van der Waals surface area contributed by atoms with Gasteiger partial charge in [0, 0.05) is 12.7 Å². The van der Waals surface area contributed by atoms with E-state index >= 15 is 0 Å². The molecular formula is C8H16N2O4S. The van der Waals surface area contributed by atoms with Gasteiger partial charge in [0.2, 0.25) is 0 Å². The van der Waals surface area contributed by atoms with Gasteiger partial charge in [0.05, 0.1) is 17.2 Å². The third-order valence-electron chi connectivity index (χ3n) is 1.60. The van der Waals surface area contributed by atoms with E-state index in [-0.39, 0.29) is 0 Å². The molecule has 0 atom stereocenters. The van der Waals surface area contributed by atoms with E-state index < -0.39 is 10.1 Å². The number of hydrogen-bond acceptors (Lipinski definition) is 4. The van der Waals surface area contributed by atoms with Gasteiger partial charge in [-0.2, -0.15) is 0 Å². The average molecular weight is 236 g/mol. The number of aromatic amines is 1. The van der Waals surface area contributed by atoms with E-state index in [1.807, 2.05) is 7.05 Å². The minimum absolute atomic E-state index is 0.295. The molecule has 0 radical (unpaired) electrons. The second-order valence-corrected chi connectivity index (χ2v) is 4.51. The molecule has 0 saturated carbocycles. The smallest absolute Gasteiger partial charge is 0.321 e. The minimum Gasteiger partial charge on any atom is -0.748 e. The Kier molecular flexibility index (Phi) is 5.31. The monoisotopic (exact) mass is 236 g/mol. The first kappa shape index (κ1) is 13.9. The highest BCUT2D eigenvalue weighted by molar-refractivity contribution is 7.84. The van der Waals surface area contributed by atoms with Crippen LogP contribution in [0.15, 0.2) is 6.20 Å². The Labute approximate surface area is 89.3 Å². The van der Waals surface area contributed by atoms with Gasteiger partial charge in [0.15, 0.2) is 6.20 Å². The fourth-order valence-electron chi connectivity index (χ4n) is 0.956. The highest BCUT2D eigenvalue weighted by Crippen LogP contribution is 2.00. The fraction of sp³-hybridized carbons (Fsp3) is 0.625. The second kappa shape index (κ2) is 5.72. The summed E-state index contributed by atoms with van der Waals surface area (Å²) in [4.78, 5) is 2.99. The number of nitrogens with zero attached hydrogens (tertiary/aromatic N) is 1. The summed E-state index contributed by atoms with van der Waals surface area (Å²) in [7, 11) is -2.07. The molecule has 6 nitrogen and oxygen atoms in total. The van der Waals surface area contributed by atoms with Crippen LogP contribution in [0.1, 0.15) is 19.2 Å². The van der Waals surface area contributed by atoms with Gasteiger partial charge in [-0.15, -0.1) is 0 Å². The van der Waals surface area contributed by atoms with E-state index in [0.29, 0.717) is 12.1 Å². The van der Waals surface area contributed by atoms with Gasteiger partial charge in [-0.25, -0.2) is 18.0 Å². The molecule has 15 heavy (non-hydrogen) atoms. The van der Waals surface area contributed by atoms with Gasteiger partial charge in [0.1, 0.15) is 0 Å². The zero-order valence-corrected chi connectivity index (χ0v) is 9.84. The van der Waals surface area contributed by atoms with Crippen LogP contribution in [0.25, 0.3) is 0 Å². The maximum atomic E-state index is 9.10. The van der Waals surface area contributed by atoms with Crippen molar-refractivity contribution in [3.8, 4) is 5.88 Å². The van der Waals surface area contributed by atoms with Crippen molar-refractivity contribution in [2.45, 2.75) is 19.8 Å². The molecule has 2 N–H and O–H groups in total. The van der Waals surface area contributed by atoms with Crippen LogP contribution in [-0.4, -0.2) is 29.3 Å². The van der Waals surface area contributed by atoms with E-state index in [2.05, 4.69) is 11.9 Å². The summed E-state index contributed by atoms with van der Waals surface area (Å²) in [5.74, 6) is 1.36. The van der Waals surface area contributed by atoms with Crippen LogP contribution in [0.5, 0.6) is 5.88 Å². The summed E-state index contributed by atoms with van der Waals surface area (Å²) in [6.45, 7) is 2.11. The summed E-state index contributed by atoms with van der Waals surface area (Å²) in [5, 5.41) is 9.10. The largest absolute Gasteiger partial charge is 0.748 e. The van der Waals surface area contributed by atoms with Crippen LogP contribution in [0.2, 0.25) is 0 Å². The Bertz CT molecular complexity index is 389.